The van der Waals surface area contributed by atoms with Gasteiger partial charge in [-0.05, 0) is 37.9 Å². The lowest BCUT2D eigenvalue weighted by Crippen LogP contribution is -2.38. The standard InChI is InChI=1S/C13H19F3N4/c1-2-7-17-9-10-4-3-8-20(10)12-6-5-11(18-19-12)13(14,15)16/h5-6,10,17H,2-4,7-9H2,1H3. The molecule has 1 unspecified atom stereocenters. The number of aromatic nitrogens is 2. The van der Waals surface area contributed by atoms with Gasteiger partial charge >= 0.3 is 6.18 Å². The lowest BCUT2D eigenvalue weighted by molar-refractivity contribution is -0.141. The topological polar surface area (TPSA) is 41.0 Å². The molecule has 4 nitrogen and oxygen atoms in total. The molecule has 0 aliphatic carbocycles. The minimum absolute atomic E-state index is 0.285. The summed E-state index contributed by atoms with van der Waals surface area (Å²) in [5, 5.41) is 10.4. The van der Waals surface area contributed by atoms with Crippen molar-refractivity contribution in [3.8, 4) is 0 Å². The first-order valence-electron chi connectivity index (χ1n) is 6.90. The molecule has 0 radical (unpaired) electrons. The number of rotatable bonds is 5. The maximum atomic E-state index is 12.5. The van der Waals surface area contributed by atoms with Gasteiger partial charge in [-0.25, -0.2) is 0 Å². The monoisotopic (exact) mass is 288 g/mol. The van der Waals surface area contributed by atoms with Gasteiger partial charge in [0.25, 0.3) is 0 Å². The number of anilines is 1. The Morgan fingerprint density at radius 1 is 1.35 bits per heavy atom. The minimum Gasteiger partial charge on any atom is -0.351 e. The van der Waals surface area contributed by atoms with E-state index in [-0.39, 0.29) is 6.04 Å². The highest BCUT2D eigenvalue weighted by atomic mass is 19.4. The van der Waals surface area contributed by atoms with E-state index in [9.17, 15) is 13.2 Å². The molecule has 1 atom stereocenters. The molecule has 2 heterocycles. The molecule has 2 rings (SSSR count). The minimum atomic E-state index is -4.43. The molecule has 1 N–H and O–H groups in total. The van der Waals surface area contributed by atoms with Gasteiger partial charge in [-0.3, -0.25) is 0 Å². The van der Waals surface area contributed by atoms with E-state index in [1.54, 1.807) is 0 Å². The van der Waals surface area contributed by atoms with Gasteiger partial charge in [0.1, 0.15) is 0 Å². The van der Waals surface area contributed by atoms with Crippen molar-refractivity contribution in [1.29, 1.82) is 0 Å². The summed E-state index contributed by atoms with van der Waals surface area (Å²) in [4.78, 5) is 2.04. The summed E-state index contributed by atoms with van der Waals surface area (Å²) in [6.07, 6.45) is -1.31. The second kappa shape index (κ2) is 6.39. The largest absolute Gasteiger partial charge is 0.435 e. The van der Waals surface area contributed by atoms with Crippen molar-refractivity contribution in [2.75, 3.05) is 24.5 Å². The van der Waals surface area contributed by atoms with Crippen LogP contribution in [0.2, 0.25) is 0 Å². The molecule has 1 saturated heterocycles. The van der Waals surface area contributed by atoms with Gasteiger partial charge < -0.3 is 10.2 Å². The van der Waals surface area contributed by atoms with E-state index < -0.39 is 11.9 Å². The normalized spacial score (nSPS) is 19.6. The quantitative estimate of drug-likeness (QED) is 0.845. The molecule has 7 heteroatoms. The summed E-state index contributed by atoms with van der Waals surface area (Å²) < 4.78 is 37.4. The van der Waals surface area contributed by atoms with Gasteiger partial charge in [-0.1, -0.05) is 6.92 Å². The second-order valence-electron chi connectivity index (χ2n) is 4.97. The van der Waals surface area contributed by atoms with Crippen molar-refractivity contribution in [2.45, 2.75) is 38.4 Å². The Morgan fingerprint density at radius 2 is 2.15 bits per heavy atom. The average molecular weight is 288 g/mol. The van der Waals surface area contributed by atoms with Crippen molar-refractivity contribution < 1.29 is 13.2 Å². The predicted octanol–water partition coefficient (Wildman–Crippen LogP) is 2.46. The Morgan fingerprint density at radius 3 is 2.75 bits per heavy atom. The molecule has 0 aromatic carbocycles. The van der Waals surface area contributed by atoms with Crippen LogP contribution in [0.1, 0.15) is 31.9 Å². The molecule has 1 fully saturated rings. The number of nitrogens with zero attached hydrogens (tertiary/aromatic N) is 3. The van der Waals surface area contributed by atoms with E-state index in [1.807, 2.05) is 4.90 Å². The first-order valence-corrected chi connectivity index (χ1v) is 6.90. The Bertz CT molecular complexity index is 419. The molecule has 20 heavy (non-hydrogen) atoms. The zero-order chi connectivity index (χ0) is 14.6. The molecule has 0 amide bonds. The summed E-state index contributed by atoms with van der Waals surface area (Å²) in [7, 11) is 0. The van der Waals surface area contributed by atoms with Crippen molar-refractivity contribution in [1.82, 2.24) is 15.5 Å². The summed E-state index contributed by atoms with van der Waals surface area (Å²) in [5.74, 6) is 0.527. The van der Waals surface area contributed by atoms with Gasteiger partial charge in [-0.2, -0.15) is 13.2 Å². The highest BCUT2D eigenvalue weighted by molar-refractivity contribution is 5.40. The van der Waals surface area contributed by atoms with Crippen molar-refractivity contribution in [3.63, 3.8) is 0 Å². The number of nitrogens with one attached hydrogen (secondary N) is 1. The lowest BCUT2D eigenvalue weighted by Gasteiger charge is -2.25. The zero-order valence-electron chi connectivity index (χ0n) is 11.5. The Balaban J connectivity index is 2.02. The highest BCUT2D eigenvalue weighted by Gasteiger charge is 2.33. The van der Waals surface area contributed by atoms with E-state index in [0.29, 0.717) is 5.82 Å². The highest BCUT2D eigenvalue weighted by Crippen LogP contribution is 2.29. The van der Waals surface area contributed by atoms with Crippen LogP contribution in [0.3, 0.4) is 0 Å². The predicted molar refractivity (Wildman–Crippen MR) is 70.6 cm³/mol. The summed E-state index contributed by atoms with van der Waals surface area (Å²) in [6.45, 7) is 4.69. The van der Waals surface area contributed by atoms with Gasteiger partial charge in [0.15, 0.2) is 11.5 Å². The second-order valence-corrected chi connectivity index (χ2v) is 4.97. The van der Waals surface area contributed by atoms with E-state index >= 15 is 0 Å². The number of hydrogen-bond donors (Lipinski definition) is 1. The molecule has 1 aromatic rings. The van der Waals surface area contributed by atoms with Crippen LogP contribution in [0.25, 0.3) is 0 Å². The summed E-state index contributed by atoms with van der Waals surface area (Å²) >= 11 is 0. The molecule has 0 spiro atoms. The third kappa shape index (κ3) is 3.59. The van der Waals surface area contributed by atoms with Crippen molar-refractivity contribution in [3.05, 3.63) is 17.8 Å². The van der Waals surface area contributed by atoms with Crippen LogP contribution < -0.4 is 10.2 Å². The van der Waals surface area contributed by atoms with Crippen LogP contribution in [-0.4, -0.2) is 35.9 Å². The van der Waals surface area contributed by atoms with Gasteiger partial charge in [0, 0.05) is 19.1 Å². The SMILES string of the molecule is CCCNCC1CCCN1c1ccc(C(F)(F)F)nn1. The number of halogens is 3. The summed E-state index contributed by atoms with van der Waals surface area (Å²) in [5.41, 5.74) is -0.943. The van der Waals surface area contributed by atoms with Crippen molar-refractivity contribution in [2.24, 2.45) is 0 Å². The number of hydrogen-bond acceptors (Lipinski definition) is 4. The molecule has 0 bridgehead atoms. The molecule has 1 aliphatic heterocycles. The lowest BCUT2D eigenvalue weighted by atomic mass is 10.2. The van der Waals surface area contributed by atoms with Crippen LogP contribution in [0.4, 0.5) is 19.0 Å². The molecule has 1 aromatic heterocycles. The van der Waals surface area contributed by atoms with Crippen LogP contribution in [0.5, 0.6) is 0 Å². The molecular formula is C13H19F3N4. The fraction of sp³-hybridized carbons (Fsp3) is 0.692. The fourth-order valence-corrected chi connectivity index (χ4v) is 2.42. The molecule has 0 saturated carbocycles. The van der Waals surface area contributed by atoms with Crippen LogP contribution >= 0.6 is 0 Å². The molecule has 112 valence electrons. The van der Waals surface area contributed by atoms with Crippen LogP contribution in [0.15, 0.2) is 12.1 Å². The van der Waals surface area contributed by atoms with Gasteiger partial charge in [0.2, 0.25) is 0 Å². The maximum Gasteiger partial charge on any atom is 0.435 e. The first-order chi connectivity index (χ1) is 9.52. The summed E-state index contributed by atoms with van der Waals surface area (Å²) in [6, 6.07) is 2.69. The third-order valence-electron chi connectivity index (χ3n) is 3.42. The van der Waals surface area contributed by atoms with Gasteiger partial charge in [0.05, 0.1) is 0 Å². The van der Waals surface area contributed by atoms with E-state index in [1.165, 1.54) is 6.07 Å². The number of alkyl halides is 3. The van der Waals surface area contributed by atoms with E-state index in [4.69, 9.17) is 0 Å². The third-order valence-corrected chi connectivity index (χ3v) is 3.42. The van der Waals surface area contributed by atoms with Crippen LogP contribution in [-0.2, 0) is 6.18 Å². The Hall–Kier alpha value is -1.37. The Labute approximate surface area is 116 Å². The average Bonchev–Trinajstić information content (AvgIpc) is 2.87. The fourth-order valence-electron chi connectivity index (χ4n) is 2.42. The van der Waals surface area contributed by atoms with Gasteiger partial charge in [-0.15, -0.1) is 10.2 Å². The molecular weight excluding hydrogens is 269 g/mol. The molecule has 1 aliphatic rings. The first kappa shape index (κ1) is 15.0. The van der Waals surface area contributed by atoms with E-state index in [2.05, 4.69) is 22.4 Å². The smallest absolute Gasteiger partial charge is 0.351 e. The van der Waals surface area contributed by atoms with Crippen molar-refractivity contribution >= 4 is 5.82 Å². The zero-order valence-corrected chi connectivity index (χ0v) is 11.5. The Kier molecular flexibility index (Phi) is 4.80. The van der Waals surface area contributed by atoms with Crippen LogP contribution in [0, 0.1) is 0 Å². The maximum absolute atomic E-state index is 12.5. The van der Waals surface area contributed by atoms with E-state index in [0.717, 1.165) is 45.0 Å².